The maximum Gasteiger partial charge on any atom is 0.415 e. The topological polar surface area (TPSA) is 177 Å². The Kier molecular flexibility index (Phi) is 7.45. The zero-order valence-corrected chi connectivity index (χ0v) is 20.1. The first-order chi connectivity index (χ1) is 15.4. The zero-order valence-electron chi connectivity index (χ0n) is 17.6. The van der Waals surface area contributed by atoms with Crippen LogP contribution in [0.1, 0.15) is 37.4 Å². The van der Waals surface area contributed by atoms with Gasteiger partial charge in [-0.15, -0.1) is 11.3 Å². The van der Waals surface area contributed by atoms with E-state index in [1.165, 1.54) is 24.0 Å². The first-order valence-corrected chi connectivity index (χ1v) is 13.5. The van der Waals surface area contributed by atoms with Gasteiger partial charge in [0.05, 0.1) is 16.7 Å². The number of primary sulfonamides is 1. The summed E-state index contributed by atoms with van der Waals surface area (Å²) in [6.07, 6.45) is -0.769. The van der Waals surface area contributed by atoms with Crippen LogP contribution in [0.3, 0.4) is 0 Å². The number of nitrogens with zero attached hydrogens (tertiary/aromatic N) is 2. The van der Waals surface area contributed by atoms with Gasteiger partial charge in [-0.1, -0.05) is 18.2 Å². The monoisotopic (exact) mass is 521 g/mol. The fourth-order valence-corrected chi connectivity index (χ4v) is 7.88. The smallest absolute Gasteiger partial charge is 0.410 e. The second-order valence-corrected chi connectivity index (χ2v) is 12.7. The third-order valence-corrected chi connectivity index (χ3v) is 10.5. The van der Waals surface area contributed by atoms with E-state index < -0.39 is 42.6 Å². The highest BCUT2D eigenvalue weighted by Gasteiger charge is 2.43. The number of carbonyl (C=O) groups is 1. The van der Waals surface area contributed by atoms with Crippen LogP contribution in [-0.4, -0.2) is 55.4 Å². The minimum Gasteiger partial charge on any atom is -0.410 e. The van der Waals surface area contributed by atoms with Crippen LogP contribution >= 0.6 is 11.3 Å². The molecule has 182 valence electrons. The molecule has 1 aliphatic heterocycles. The van der Waals surface area contributed by atoms with E-state index in [-0.39, 0.29) is 39.3 Å². The number of sulfonamides is 1. The first kappa shape index (κ1) is 25.5. The molecule has 3 rings (SSSR count). The van der Waals surface area contributed by atoms with Gasteiger partial charge < -0.3 is 9.64 Å². The second-order valence-electron chi connectivity index (χ2n) is 7.25. The number of thiophene rings is 1. The Bertz CT molecular complexity index is 1240. The summed E-state index contributed by atoms with van der Waals surface area (Å²) in [5.41, 5.74) is 0.510. The molecule has 2 heterocycles. The van der Waals surface area contributed by atoms with Gasteiger partial charge in [-0.25, -0.2) is 31.6 Å². The molecule has 0 radical (unpaired) electrons. The van der Waals surface area contributed by atoms with Crippen molar-refractivity contribution in [3.05, 3.63) is 41.5 Å². The third-order valence-electron chi connectivity index (χ3n) is 5.14. The maximum absolute atomic E-state index is 13.1. The number of benzene rings is 1. The maximum atomic E-state index is 13.1. The SMILES string of the molecule is CCN(C(=O)Oc1ccccc1CON(O)O)[C@H]1CC(C)S(=O)(=O)c2sc(S(N)(=O)=O)cc21. The molecule has 1 aromatic heterocycles. The van der Waals surface area contributed by atoms with Gasteiger partial charge >= 0.3 is 6.09 Å². The van der Waals surface area contributed by atoms with Crippen molar-refractivity contribution in [3.8, 4) is 5.75 Å². The predicted molar refractivity (Wildman–Crippen MR) is 115 cm³/mol. The van der Waals surface area contributed by atoms with Gasteiger partial charge in [0.2, 0.25) is 10.0 Å². The Morgan fingerprint density at radius 1 is 1.30 bits per heavy atom. The van der Waals surface area contributed by atoms with Gasteiger partial charge in [0.1, 0.15) is 20.8 Å². The molecule has 2 atom stereocenters. The lowest BCUT2D eigenvalue weighted by Gasteiger charge is -2.35. The molecule has 0 spiro atoms. The molecule has 1 amide bonds. The third kappa shape index (κ3) is 5.36. The van der Waals surface area contributed by atoms with Gasteiger partial charge in [0, 0.05) is 17.7 Å². The van der Waals surface area contributed by atoms with Crippen LogP contribution in [0.25, 0.3) is 0 Å². The van der Waals surface area contributed by atoms with E-state index >= 15 is 0 Å². The Balaban J connectivity index is 1.96. The minimum atomic E-state index is -4.15. The Hall–Kier alpha value is -2.11. The Labute approximate surface area is 194 Å². The first-order valence-electron chi connectivity index (χ1n) is 9.63. The van der Waals surface area contributed by atoms with Crippen LogP contribution in [0.2, 0.25) is 0 Å². The number of fused-ring (bicyclic) bond motifs is 1. The molecular weight excluding hydrogens is 498 g/mol. The average molecular weight is 522 g/mol. The van der Waals surface area contributed by atoms with Gasteiger partial charge in [-0.2, -0.15) is 0 Å². The second kappa shape index (κ2) is 9.63. The van der Waals surface area contributed by atoms with Crippen molar-refractivity contribution in [2.24, 2.45) is 5.14 Å². The van der Waals surface area contributed by atoms with E-state index in [1.54, 1.807) is 25.1 Å². The van der Waals surface area contributed by atoms with Crippen molar-refractivity contribution < 1.29 is 41.6 Å². The molecular formula is C18H23N3O9S3. The average Bonchev–Trinajstić information content (AvgIpc) is 3.19. The predicted octanol–water partition coefficient (Wildman–Crippen LogP) is 2.04. The van der Waals surface area contributed by atoms with E-state index in [9.17, 15) is 21.6 Å². The van der Waals surface area contributed by atoms with Crippen molar-refractivity contribution in [1.29, 1.82) is 0 Å². The standard InChI is InChI=1S/C18H23N3O9S3/c1-3-20(18(22)30-15-7-5-4-6-12(15)10-29-21(23)24)14-8-11(2)32(25,26)17-13(14)9-16(31-17)33(19,27)28/h4-7,9,11,14,23-24H,3,8,10H2,1-2H3,(H2,19,27,28)/t11?,14-/m0/s1. The van der Waals surface area contributed by atoms with Crippen LogP contribution in [0.5, 0.6) is 5.75 Å². The summed E-state index contributed by atoms with van der Waals surface area (Å²) < 4.78 is 54.4. The molecule has 0 bridgehead atoms. The number of nitrogens with two attached hydrogens (primary N) is 1. The van der Waals surface area contributed by atoms with Crippen molar-refractivity contribution in [2.45, 2.75) is 46.6 Å². The normalized spacial score (nSPS) is 19.8. The number of para-hydroxylation sites is 1. The van der Waals surface area contributed by atoms with Crippen molar-refractivity contribution >= 4 is 37.3 Å². The minimum absolute atomic E-state index is 0.0355. The van der Waals surface area contributed by atoms with Gasteiger partial charge in [-0.05, 0) is 32.4 Å². The molecule has 0 fully saturated rings. The van der Waals surface area contributed by atoms with Crippen LogP contribution in [0.4, 0.5) is 4.79 Å². The number of ether oxygens (including phenoxy) is 1. The fourth-order valence-electron chi connectivity index (χ4n) is 3.49. The summed E-state index contributed by atoms with van der Waals surface area (Å²) in [5, 5.41) is 21.4. The summed E-state index contributed by atoms with van der Waals surface area (Å²) >= 11 is 0.564. The molecule has 0 saturated heterocycles. The quantitative estimate of drug-likeness (QED) is 0.457. The summed E-state index contributed by atoms with van der Waals surface area (Å²) in [6.45, 7) is 2.98. The summed E-state index contributed by atoms with van der Waals surface area (Å²) in [6, 6.07) is 6.68. The van der Waals surface area contributed by atoms with E-state index in [4.69, 9.17) is 20.3 Å². The molecule has 15 heteroatoms. The number of hydrogen-bond donors (Lipinski definition) is 3. The van der Waals surface area contributed by atoms with Crippen molar-refractivity contribution in [2.75, 3.05) is 6.54 Å². The highest BCUT2D eigenvalue weighted by Crippen LogP contribution is 2.45. The molecule has 1 unspecified atom stereocenters. The summed E-state index contributed by atoms with van der Waals surface area (Å²) in [7, 11) is -7.94. The molecule has 12 nitrogen and oxygen atoms in total. The summed E-state index contributed by atoms with van der Waals surface area (Å²) in [4.78, 5) is 19.0. The molecule has 2 aromatic rings. The van der Waals surface area contributed by atoms with Crippen LogP contribution in [0, 0.1) is 0 Å². The van der Waals surface area contributed by atoms with E-state index in [0.717, 1.165) is 0 Å². The number of amides is 1. The van der Waals surface area contributed by atoms with Crippen molar-refractivity contribution in [3.63, 3.8) is 0 Å². The van der Waals surface area contributed by atoms with Gasteiger partial charge in [-0.3, -0.25) is 10.4 Å². The lowest BCUT2D eigenvalue weighted by atomic mass is 10.0. The van der Waals surface area contributed by atoms with E-state index in [2.05, 4.69) is 4.84 Å². The lowest BCUT2D eigenvalue weighted by Crippen LogP contribution is -2.41. The largest absolute Gasteiger partial charge is 0.415 e. The number of sulfone groups is 1. The molecule has 1 aliphatic rings. The molecule has 0 saturated carbocycles. The zero-order chi connectivity index (χ0) is 24.6. The Morgan fingerprint density at radius 3 is 2.58 bits per heavy atom. The summed E-state index contributed by atoms with van der Waals surface area (Å²) in [5.74, 6) is 0.0926. The van der Waals surface area contributed by atoms with Gasteiger partial charge in [0.25, 0.3) is 0 Å². The number of carbonyl (C=O) groups excluding carboxylic acids is 1. The highest BCUT2D eigenvalue weighted by molar-refractivity contribution is 7.95. The number of rotatable bonds is 7. The van der Waals surface area contributed by atoms with Crippen LogP contribution in [-0.2, 0) is 31.3 Å². The molecule has 4 N–H and O–H groups in total. The molecule has 33 heavy (non-hydrogen) atoms. The van der Waals surface area contributed by atoms with Crippen LogP contribution in [0.15, 0.2) is 38.8 Å². The lowest BCUT2D eigenvalue weighted by molar-refractivity contribution is -0.497. The highest BCUT2D eigenvalue weighted by atomic mass is 32.3. The van der Waals surface area contributed by atoms with Gasteiger partial charge in [0.15, 0.2) is 9.84 Å². The Morgan fingerprint density at radius 2 is 1.97 bits per heavy atom. The van der Waals surface area contributed by atoms with Crippen LogP contribution < -0.4 is 9.88 Å². The molecule has 1 aromatic carbocycles. The van der Waals surface area contributed by atoms with E-state index in [1.807, 2.05) is 0 Å². The molecule has 0 aliphatic carbocycles. The van der Waals surface area contributed by atoms with E-state index in [0.29, 0.717) is 16.9 Å². The fraction of sp³-hybridized carbons (Fsp3) is 0.389. The van der Waals surface area contributed by atoms with Crippen molar-refractivity contribution in [1.82, 2.24) is 10.3 Å². The number of hydrogen-bond acceptors (Lipinski definition) is 11.